The van der Waals surface area contributed by atoms with E-state index in [-0.39, 0.29) is 12.7 Å². The molecule has 0 bridgehead atoms. The number of rotatable bonds is 5. The first-order chi connectivity index (χ1) is 7.91. The number of aliphatic hydroxyl groups excluding tert-OH is 3. The molecule has 1 unspecified atom stereocenters. The van der Waals surface area contributed by atoms with Crippen molar-refractivity contribution in [3.8, 4) is 0 Å². The number of hydrogen-bond donors (Lipinski definition) is 3. The van der Waals surface area contributed by atoms with Crippen LogP contribution in [0.5, 0.6) is 0 Å². The molecule has 1 aliphatic heterocycles. The summed E-state index contributed by atoms with van der Waals surface area (Å²) >= 11 is 0. The minimum absolute atomic E-state index is 0.111. The number of aliphatic hydroxyl groups is 3. The number of hydrogen-bond acceptors (Lipinski definition) is 4. The summed E-state index contributed by atoms with van der Waals surface area (Å²) in [7, 11) is 0. The van der Waals surface area contributed by atoms with Crippen molar-refractivity contribution in [1.29, 1.82) is 0 Å². The van der Waals surface area contributed by atoms with Crippen molar-refractivity contribution in [2.24, 2.45) is 11.8 Å². The summed E-state index contributed by atoms with van der Waals surface area (Å²) in [6.07, 6.45) is -0.371. The summed E-state index contributed by atoms with van der Waals surface area (Å²) in [6, 6.07) is 0. The Balaban J connectivity index is 2.35. The maximum absolute atomic E-state index is 9.80. The van der Waals surface area contributed by atoms with E-state index in [1.165, 1.54) is 0 Å². The predicted octanol–water partition coefficient (Wildman–Crippen LogP) is 0.930. The van der Waals surface area contributed by atoms with E-state index in [0.29, 0.717) is 11.8 Å². The first-order valence-electron chi connectivity index (χ1n) is 6.57. The third kappa shape index (κ3) is 4.54. The predicted molar refractivity (Wildman–Crippen MR) is 65.6 cm³/mol. The molecule has 1 heterocycles. The number of ether oxygens (including phenoxy) is 1. The molecule has 1 fully saturated rings. The van der Waals surface area contributed by atoms with Gasteiger partial charge in [-0.3, -0.25) is 0 Å². The lowest BCUT2D eigenvalue weighted by molar-refractivity contribution is -0.190. The summed E-state index contributed by atoms with van der Waals surface area (Å²) < 4.78 is 5.39. The van der Waals surface area contributed by atoms with Crippen LogP contribution in [0.15, 0.2) is 0 Å². The molecule has 1 aliphatic rings. The van der Waals surface area contributed by atoms with Crippen LogP contribution >= 0.6 is 0 Å². The molecular weight excluding hydrogens is 220 g/mol. The summed E-state index contributed by atoms with van der Waals surface area (Å²) in [4.78, 5) is 0. The normalized spacial score (nSPS) is 36.2. The van der Waals surface area contributed by atoms with Gasteiger partial charge >= 0.3 is 0 Å². The molecule has 0 saturated carbocycles. The van der Waals surface area contributed by atoms with Gasteiger partial charge in [-0.05, 0) is 18.3 Å². The Morgan fingerprint density at radius 2 is 1.71 bits per heavy atom. The Morgan fingerprint density at radius 1 is 1.06 bits per heavy atom. The zero-order valence-electron chi connectivity index (χ0n) is 11.0. The Bertz CT molecular complexity index is 219. The van der Waals surface area contributed by atoms with Gasteiger partial charge in [-0.15, -0.1) is 0 Å². The first kappa shape index (κ1) is 14.9. The molecular formula is C13H26O4. The van der Waals surface area contributed by atoms with E-state index < -0.39 is 18.3 Å². The van der Waals surface area contributed by atoms with Gasteiger partial charge in [0, 0.05) is 0 Å². The van der Waals surface area contributed by atoms with E-state index in [9.17, 15) is 15.3 Å². The second-order valence-corrected chi connectivity index (χ2v) is 5.73. The lowest BCUT2D eigenvalue weighted by atomic mass is 9.89. The molecule has 1 rings (SSSR count). The van der Waals surface area contributed by atoms with Gasteiger partial charge in [0.2, 0.25) is 0 Å². The van der Waals surface area contributed by atoms with Gasteiger partial charge in [0.25, 0.3) is 0 Å². The highest BCUT2D eigenvalue weighted by Crippen LogP contribution is 2.24. The second kappa shape index (κ2) is 6.69. The SMILES string of the molecule is CC(C)CCC(C)C[C@@H]1OC[C@@H](O)[C@H](O)[C@H]1O. The largest absolute Gasteiger partial charge is 0.388 e. The van der Waals surface area contributed by atoms with Gasteiger partial charge in [-0.2, -0.15) is 0 Å². The van der Waals surface area contributed by atoms with Crippen LogP contribution in [0.1, 0.15) is 40.0 Å². The van der Waals surface area contributed by atoms with Gasteiger partial charge in [0.15, 0.2) is 0 Å². The third-order valence-electron chi connectivity index (χ3n) is 3.48. The molecule has 0 amide bonds. The monoisotopic (exact) mass is 246 g/mol. The van der Waals surface area contributed by atoms with Crippen LogP contribution < -0.4 is 0 Å². The molecule has 0 aliphatic carbocycles. The quantitative estimate of drug-likeness (QED) is 0.675. The molecule has 5 atom stereocenters. The standard InChI is InChI=1S/C13H26O4/c1-8(2)4-5-9(3)6-11-13(16)12(15)10(14)7-17-11/h8-16H,4-7H2,1-3H3/t9?,10-,11+,12+,13+/m1/s1. The van der Waals surface area contributed by atoms with Crippen LogP contribution in [0.2, 0.25) is 0 Å². The molecule has 3 N–H and O–H groups in total. The zero-order valence-corrected chi connectivity index (χ0v) is 11.0. The van der Waals surface area contributed by atoms with Crippen LogP contribution in [-0.4, -0.2) is 46.3 Å². The molecule has 102 valence electrons. The lowest BCUT2D eigenvalue weighted by Crippen LogP contribution is -2.53. The molecule has 0 aromatic heterocycles. The van der Waals surface area contributed by atoms with E-state index in [2.05, 4.69) is 20.8 Å². The second-order valence-electron chi connectivity index (χ2n) is 5.73. The molecule has 0 aromatic rings. The topological polar surface area (TPSA) is 69.9 Å². The molecule has 0 aromatic carbocycles. The fraction of sp³-hybridized carbons (Fsp3) is 1.00. The maximum atomic E-state index is 9.80. The van der Waals surface area contributed by atoms with E-state index in [0.717, 1.165) is 19.3 Å². The van der Waals surface area contributed by atoms with E-state index in [4.69, 9.17) is 4.74 Å². The van der Waals surface area contributed by atoms with Gasteiger partial charge in [0.05, 0.1) is 12.7 Å². The van der Waals surface area contributed by atoms with Crippen molar-refractivity contribution in [3.05, 3.63) is 0 Å². The minimum Gasteiger partial charge on any atom is -0.388 e. The summed E-state index contributed by atoms with van der Waals surface area (Å²) in [6.45, 7) is 6.63. The summed E-state index contributed by atoms with van der Waals surface area (Å²) in [5, 5.41) is 28.7. The van der Waals surface area contributed by atoms with Crippen molar-refractivity contribution in [2.45, 2.75) is 64.4 Å². The van der Waals surface area contributed by atoms with Gasteiger partial charge in [-0.1, -0.05) is 33.6 Å². The average Bonchev–Trinajstić information content (AvgIpc) is 2.27. The average molecular weight is 246 g/mol. The van der Waals surface area contributed by atoms with Crippen LogP contribution in [0.3, 0.4) is 0 Å². The Hall–Kier alpha value is -0.160. The van der Waals surface area contributed by atoms with E-state index >= 15 is 0 Å². The van der Waals surface area contributed by atoms with Crippen LogP contribution in [0, 0.1) is 11.8 Å². The van der Waals surface area contributed by atoms with Crippen LogP contribution in [0.25, 0.3) is 0 Å². The van der Waals surface area contributed by atoms with Crippen molar-refractivity contribution < 1.29 is 20.1 Å². The highest BCUT2D eigenvalue weighted by Gasteiger charge is 2.37. The lowest BCUT2D eigenvalue weighted by Gasteiger charge is -2.36. The molecule has 4 heteroatoms. The van der Waals surface area contributed by atoms with Crippen LogP contribution in [0.4, 0.5) is 0 Å². The van der Waals surface area contributed by atoms with Gasteiger partial charge < -0.3 is 20.1 Å². The first-order valence-corrected chi connectivity index (χ1v) is 6.57. The highest BCUT2D eigenvalue weighted by molar-refractivity contribution is 4.87. The van der Waals surface area contributed by atoms with Gasteiger partial charge in [0.1, 0.15) is 18.3 Å². The van der Waals surface area contributed by atoms with Gasteiger partial charge in [-0.25, -0.2) is 0 Å². The smallest absolute Gasteiger partial charge is 0.111 e. The Morgan fingerprint density at radius 3 is 2.29 bits per heavy atom. The highest BCUT2D eigenvalue weighted by atomic mass is 16.5. The molecule has 0 spiro atoms. The summed E-state index contributed by atoms with van der Waals surface area (Å²) in [5.41, 5.74) is 0. The van der Waals surface area contributed by atoms with Crippen molar-refractivity contribution in [2.75, 3.05) is 6.61 Å². The zero-order chi connectivity index (χ0) is 13.0. The van der Waals surface area contributed by atoms with Crippen molar-refractivity contribution >= 4 is 0 Å². The van der Waals surface area contributed by atoms with Crippen molar-refractivity contribution in [3.63, 3.8) is 0 Å². The fourth-order valence-corrected chi connectivity index (χ4v) is 2.21. The van der Waals surface area contributed by atoms with E-state index in [1.54, 1.807) is 0 Å². The maximum Gasteiger partial charge on any atom is 0.111 e. The molecule has 1 saturated heterocycles. The fourth-order valence-electron chi connectivity index (χ4n) is 2.21. The van der Waals surface area contributed by atoms with Crippen molar-refractivity contribution in [1.82, 2.24) is 0 Å². The summed E-state index contributed by atoms with van der Waals surface area (Å²) in [5.74, 6) is 1.14. The molecule has 4 nitrogen and oxygen atoms in total. The molecule has 0 radical (unpaired) electrons. The molecule has 17 heavy (non-hydrogen) atoms. The third-order valence-corrected chi connectivity index (χ3v) is 3.48. The van der Waals surface area contributed by atoms with E-state index in [1.807, 2.05) is 0 Å². The van der Waals surface area contributed by atoms with Crippen LogP contribution in [-0.2, 0) is 4.74 Å². The minimum atomic E-state index is -1.08. The Labute approximate surface area is 104 Å². The Kier molecular flexibility index (Phi) is 5.86.